The fraction of sp³-hybridized carbons (Fsp3) is 0.250. The number of sulfonamides is 1. The number of fused-ring (bicyclic) bond motifs is 1. The van der Waals surface area contributed by atoms with E-state index in [1.54, 1.807) is 19.2 Å². The van der Waals surface area contributed by atoms with Gasteiger partial charge >= 0.3 is 0 Å². The molecule has 0 spiro atoms. The van der Waals surface area contributed by atoms with Gasteiger partial charge in [0, 0.05) is 30.8 Å². The van der Waals surface area contributed by atoms with Gasteiger partial charge in [-0.3, -0.25) is 14.9 Å². The van der Waals surface area contributed by atoms with E-state index in [4.69, 9.17) is 4.74 Å². The third-order valence-electron chi connectivity index (χ3n) is 6.69. The van der Waals surface area contributed by atoms with Gasteiger partial charge in [-0.1, -0.05) is 24.2 Å². The van der Waals surface area contributed by atoms with Crippen LogP contribution < -0.4 is 9.75 Å². The number of non-ortho nitro benzene ring substituents is 1. The lowest BCUT2D eigenvalue weighted by molar-refractivity contribution is -0.384. The lowest BCUT2D eigenvalue weighted by Gasteiger charge is -2.20. The molecule has 0 unspecified atom stereocenters. The summed E-state index contributed by atoms with van der Waals surface area (Å²) >= 11 is 1.24. The molecule has 0 aliphatic carbocycles. The SMILES string of the molecule is COc1ccc2nc(N(/N=C/c3ccc([N+](=O)[O-])cc3)C(=O)c3ccc(S(=O)(=O)N4CCCCCC4)cc3)sc2c1. The Morgan fingerprint density at radius 2 is 1.73 bits per heavy atom. The number of anilines is 1. The maximum Gasteiger partial charge on any atom is 0.280 e. The molecule has 0 radical (unpaired) electrons. The van der Waals surface area contributed by atoms with E-state index >= 15 is 0 Å². The molecule has 1 aromatic heterocycles. The Kier molecular flexibility index (Phi) is 8.38. The molecule has 1 amide bonds. The van der Waals surface area contributed by atoms with Crippen LogP contribution in [0.3, 0.4) is 0 Å². The molecule has 0 saturated carbocycles. The Morgan fingerprint density at radius 3 is 2.37 bits per heavy atom. The molecule has 0 N–H and O–H groups in total. The van der Waals surface area contributed by atoms with Crippen molar-refractivity contribution in [3.8, 4) is 5.75 Å². The smallest absolute Gasteiger partial charge is 0.280 e. The summed E-state index contributed by atoms with van der Waals surface area (Å²) in [6, 6.07) is 16.9. The Hall–Kier alpha value is -4.20. The molecule has 0 atom stereocenters. The molecule has 41 heavy (non-hydrogen) atoms. The number of ether oxygens (including phenoxy) is 1. The molecule has 1 saturated heterocycles. The van der Waals surface area contributed by atoms with Gasteiger partial charge in [0.05, 0.1) is 33.4 Å². The number of methoxy groups -OCH3 is 1. The third-order valence-corrected chi connectivity index (χ3v) is 9.59. The van der Waals surface area contributed by atoms with Crippen molar-refractivity contribution in [2.75, 3.05) is 25.2 Å². The van der Waals surface area contributed by atoms with E-state index in [9.17, 15) is 23.3 Å². The van der Waals surface area contributed by atoms with E-state index in [0.29, 0.717) is 29.9 Å². The average Bonchev–Trinajstić information content (AvgIpc) is 3.19. The van der Waals surface area contributed by atoms with Gasteiger partial charge in [0.25, 0.3) is 11.6 Å². The predicted molar refractivity (Wildman–Crippen MR) is 157 cm³/mol. The maximum atomic E-state index is 13.7. The van der Waals surface area contributed by atoms with Crippen molar-refractivity contribution in [3.05, 3.63) is 88.0 Å². The van der Waals surface area contributed by atoms with Crippen LogP contribution in [-0.4, -0.2) is 55.0 Å². The fourth-order valence-electron chi connectivity index (χ4n) is 4.43. The number of benzene rings is 3. The van der Waals surface area contributed by atoms with Crippen LogP contribution in [0.4, 0.5) is 10.8 Å². The second-order valence-electron chi connectivity index (χ2n) is 9.38. The molecular weight excluding hydrogens is 566 g/mol. The van der Waals surface area contributed by atoms with Crippen LogP contribution in [0.1, 0.15) is 41.6 Å². The van der Waals surface area contributed by atoms with Gasteiger partial charge in [-0.05, 0) is 73.0 Å². The zero-order valence-electron chi connectivity index (χ0n) is 22.2. The largest absolute Gasteiger partial charge is 0.497 e. The van der Waals surface area contributed by atoms with Crippen molar-refractivity contribution in [2.45, 2.75) is 30.6 Å². The number of nitro groups is 1. The number of aromatic nitrogens is 1. The molecule has 1 aliphatic rings. The summed E-state index contributed by atoms with van der Waals surface area (Å²) in [5.41, 5.74) is 1.34. The van der Waals surface area contributed by atoms with Crippen LogP contribution in [0.15, 0.2) is 76.7 Å². The highest BCUT2D eigenvalue weighted by molar-refractivity contribution is 7.89. The van der Waals surface area contributed by atoms with Crippen LogP contribution in [0.5, 0.6) is 5.75 Å². The first-order valence-electron chi connectivity index (χ1n) is 12.9. The molecular formula is C28H27N5O6S2. The normalized spacial score (nSPS) is 14.7. The van der Waals surface area contributed by atoms with Gasteiger partial charge in [-0.25, -0.2) is 13.4 Å². The summed E-state index contributed by atoms with van der Waals surface area (Å²) in [7, 11) is -2.11. The summed E-state index contributed by atoms with van der Waals surface area (Å²) in [6.45, 7) is 0.965. The summed E-state index contributed by atoms with van der Waals surface area (Å²) in [5, 5.41) is 16.8. The first kappa shape index (κ1) is 28.3. The Morgan fingerprint density at radius 1 is 1.05 bits per heavy atom. The van der Waals surface area contributed by atoms with Crippen LogP contribution in [0.2, 0.25) is 0 Å². The van der Waals surface area contributed by atoms with Crippen LogP contribution in [0.25, 0.3) is 10.2 Å². The predicted octanol–water partition coefficient (Wildman–Crippen LogP) is 5.46. The number of carbonyl (C=O) groups is 1. The van der Waals surface area contributed by atoms with E-state index in [-0.39, 0.29) is 21.3 Å². The van der Waals surface area contributed by atoms with Crippen LogP contribution in [-0.2, 0) is 10.0 Å². The standard InChI is InChI=1S/C28H27N5O6S2/c1-39-23-12-15-25-26(18-23)40-28(30-25)32(29-19-20-6-10-22(11-7-20)33(35)36)27(34)21-8-13-24(14-9-21)41(37,38)31-16-4-2-3-5-17-31/h6-15,18-19H,2-5,16-17H2,1H3/b29-19+. The van der Waals surface area contributed by atoms with E-state index in [0.717, 1.165) is 35.4 Å². The number of amides is 1. The monoisotopic (exact) mass is 593 g/mol. The Labute approximate surface area is 240 Å². The first-order chi connectivity index (χ1) is 19.8. The van der Waals surface area contributed by atoms with Gasteiger partial charge in [0.15, 0.2) is 0 Å². The molecule has 1 aliphatic heterocycles. The van der Waals surface area contributed by atoms with E-state index in [2.05, 4.69) is 10.1 Å². The Balaban J connectivity index is 1.47. The molecule has 5 rings (SSSR count). The van der Waals surface area contributed by atoms with Crippen molar-refractivity contribution < 1.29 is 22.9 Å². The summed E-state index contributed by atoms with van der Waals surface area (Å²) in [5.74, 6) is 0.120. The summed E-state index contributed by atoms with van der Waals surface area (Å²) in [4.78, 5) is 28.9. The number of hydrogen-bond donors (Lipinski definition) is 0. The van der Waals surface area contributed by atoms with Gasteiger partial charge < -0.3 is 4.74 Å². The topological polar surface area (TPSA) is 135 Å². The number of hydrogen-bond acceptors (Lipinski definition) is 9. The number of carbonyl (C=O) groups excluding carboxylic acids is 1. The van der Waals surface area contributed by atoms with Gasteiger partial charge in [0.1, 0.15) is 5.75 Å². The number of nitro benzene ring substituents is 1. The highest BCUT2D eigenvalue weighted by Gasteiger charge is 2.26. The lowest BCUT2D eigenvalue weighted by Crippen LogP contribution is -2.32. The number of rotatable bonds is 8. The van der Waals surface area contributed by atoms with Gasteiger partial charge in [-0.2, -0.15) is 14.4 Å². The molecule has 3 aromatic carbocycles. The Bertz CT molecular complexity index is 1690. The highest BCUT2D eigenvalue weighted by Crippen LogP contribution is 2.32. The molecule has 0 bridgehead atoms. The second kappa shape index (κ2) is 12.1. The fourth-order valence-corrected chi connectivity index (χ4v) is 6.90. The molecule has 212 valence electrons. The van der Waals surface area contributed by atoms with Crippen LogP contribution in [0, 0.1) is 10.1 Å². The van der Waals surface area contributed by atoms with Crippen molar-refractivity contribution >= 4 is 54.5 Å². The zero-order valence-corrected chi connectivity index (χ0v) is 23.8. The average molecular weight is 594 g/mol. The maximum absolute atomic E-state index is 13.7. The summed E-state index contributed by atoms with van der Waals surface area (Å²) in [6.07, 6.45) is 5.08. The number of thiazole rings is 1. The van der Waals surface area contributed by atoms with Crippen molar-refractivity contribution in [3.63, 3.8) is 0 Å². The van der Waals surface area contributed by atoms with Crippen molar-refractivity contribution in [1.29, 1.82) is 0 Å². The molecule has 11 nitrogen and oxygen atoms in total. The highest BCUT2D eigenvalue weighted by atomic mass is 32.2. The lowest BCUT2D eigenvalue weighted by atomic mass is 10.2. The minimum Gasteiger partial charge on any atom is -0.497 e. The van der Waals surface area contributed by atoms with Crippen molar-refractivity contribution in [1.82, 2.24) is 9.29 Å². The van der Waals surface area contributed by atoms with Gasteiger partial charge in [-0.15, -0.1) is 0 Å². The zero-order chi connectivity index (χ0) is 29.0. The van der Waals surface area contributed by atoms with Crippen molar-refractivity contribution in [2.24, 2.45) is 5.10 Å². The molecule has 4 aromatic rings. The first-order valence-corrected chi connectivity index (χ1v) is 15.2. The second-order valence-corrected chi connectivity index (χ2v) is 12.3. The molecule has 13 heteroatoms. The van der Waals surface area contributed by atoms with E-state index in [1.807, 2.05) is 6.07 Å². The van der Waals surface area contributed by atoms with Gasteiger partial charge in [0.2, 0.25) is 15.2 Å². The third kappa shape index (κ3) is 6.26. The van der Waals surface area contributed by atoms with Crippen LogP contribution >= 0.6 is 11.3 Å². The summed E-state index contributed by atoms with van der Waals surface area (Å²) < 4.78 is 34.0. The number of hydrazone groups is 1. The molecule has 1 fully saturated rings. The quantitative estimate of drug-likeness (QED) is 0.150. The number of nitrogens with zero attached hydrogens (tertiary/aromatic N) is 5. The van der Waals surface area contributed by atoms with E-state index in [1.165, 1.54) is 70.4 Å². The van der Waals surface area contributed by atoms with E-state index < -0.39 is 20.9 Å². The minimum absolute atomic E-state index is 0.0644. The molecule has 2 heterocycles. The minimum atomic E-state index is -3.67.